The van der Waals surface area contributed by atoms with E-state index in [1.54, 1.807) is 18.3 Å². The Morgan fingerprint density at radius 1 is 1.07 bits per heavy atom. The molecule has 204 valence electrons. The van der Waals surface area contributed by atoms with Gasteiger partial charge in [-0.2, -0.15) is 5.11 Å². The van der Waals surface area contributed by atoms with Crippen LogP contribution in [0, 0.1) is 17.5 Å². The van der Waals surface area contributed by atoms with Crippen molar-refractivity contribution in [3.8, 4) is 11.4 Å². The Balaban J connectivity index is 1.44. The van der Waals surface area contributed by atoms with Crippen LogP contribution >= 0.6 is 12.6 Å². The van der Waals surface area contributed by atoms with E-state index < -0.39 is 6.36 Å². The number of alkyl halides is 3. The number of halogens is 3. The average Bonchev–Trinajstić information content (AvgIpc) is 3.24. The molecule has 0 spiro atoms. The summed E-state index contributed by atoms with van der Waals surface area (Å²) in [6.07, 6.45) is -0.353. The van der Waals surface area contributed by atoms with Crippen LogP contribution in [0.3, 0.4) is 0 Å². The maximum Gasteiger partial charge on any atom is 0.573 e. The number of benzene rings is 3. The van der Waals surface area contributed by atoms with E-state index in [9.17, 15) is 13.2 Å². The van der Waals surface area contributed by atoms with E-state index >= 15 is 0 Å². The molecule has 1 heterocycles. The first kappa shape index (κ1) is 27.4. The standard InChI is InChI=1S/C30H26F3N5OS/c1-18(2)24-6-4-5-7-26(24)36-29(40)37-34-17-20-8-14-25-21(16-20)9-15-27-28(25)35-19(3)38(27)22-10-12-23(13-11-22)39-30(31,32)33/h4-8,10-18H,9H2,1-3H3,(H,36,40)/b20-17+,37-34-. The van der Waals surface area contributed by atoms with Gasteiger partial charge in [0.15, 0.2) is 0 Å². The van der Waals surface area contributed by atoms with Gasteiger partial charge < -0.3 is 4.74 Å². The molecular weight excluding hydrogens is 535 g/mol. The first-order valence-corrected chi connectivity index (χ1v) is 13.1. The van der Waals surface area contributed by atoms with E-state index in [1.807, 2.05) is 54.0 Å². The lowest BCUT2D eigenvalue weighted by Crippen LogP contribution is -2.20. The van der Waals surface area contributed by atoms with Crippen LogP contribution in [0.15, 0.2) is 82.0 Å². The smallest absolute Gasteiger partial charge is 0.406 e. The molecule has 40 heavy (non-hydrogen) atoms. The largest absolute Gasteiger partial charge is 0.573 e. The van der Waals surface area contributed by atoms with E-state index in [1.165, 1.54) is 12.1 Å². The Kier molecular flexibility index (Phi) is 7.62. The number of azo groups is 1. The number of aromatic nitrogens is 2. The van der Waals surface area contributed by atoms with Crippen molar-refractivity contribution < 1.29 is 17.9 Å². The minimum Gasteiger partial charge on any atom is -0.406 e. The van der Waals surface area contributed by atoms with E-state index in [0.29, 0.717) is 18.0 Å². The molecule has 0 N–H and O–H groups in total. The van der Waals surface area contributed by atoms with Gasteiger partial charge in [0, 0.05) is 10.9 Å². The van der Waals surface area contributed by atoms with Crippen molar-refractivity contribution in [2.45, 2.75) is 39.5 Å². The maximum atomic E-state index is 12.5. The zero-order valence-electron chi connectivity index (χ0n) is 22.0. The molecule has 0 aliphatic heterocycles. The van der Waals surface area contributed by atoms with Gasteiger partial charge in [0.05, 0.1) is 22.6 Å². The number of aliphatic imine (C=N–C) groups is 1. The molecule has 5 rings (SSSR count). The van der Waals surface area contributed by atoms with E-state index in [0.717, 1.165) is 43.8 Å². The quantitative estimate of drug-likeness (QED) is 0.129. The summed E-state index contributed by atoms with van der Waals surface area (Å²) in [6, 6.07) is 19.6. The van der Waals surface area contributed by atoms with Crippen LogP contribution in [0.4, 0.5) is 18.9 Å². The summed E-state index contributed by atoms with van der Waals surface area (Å²) in [5.74, 6) is 0.781. The van der Waals surface area contributed by atoms with E-state index in [-0.39, 0.29) is 10.9 Å². The van der Waals surface area contributed by atoms with Crippen molar-refractivity contribution in [1.82, 2.24) is 9.55 Å². The summed E-state index contributed by atoms with van der Waals surface area (Å²) in [6.45, 7) is 6.08. The number of nitrogens with zero attached hydrogens (tertiary/aromatic N) is 5. The van der Waals surface area contributed by atoms with Crippen molar-refractivity contribution in [1.29, 1.82) is 0 Å². The predicted octanol–water partition coefficient (Wildman–Crippen LogP) is 6.63. The molecule has 0 saturated heterocycles. The lowest BCUT2D eigenvalue weighted by molar-refractivity contribution is -0.274. The van der Waals surface area contributed by atoms with Gasteiger partial charge in [-0.15, -0.1) is 30.9 Å². The highest BCUT2D eigenvalue weighted by molar-refractivity contribution is 7.96. The molecule has 0 atom stereocenters. The summed E-state index contributed by atoms with van der Waals surface area (Å²) in [7, 11) is 0. The normalized spacial score (nSPS) is 13.9. The minimum atomic E-state index is -4.73. The Hall–Kier alpha value is -4.18. The SMILES string of the molecule is Cc1nc2c(n1-c1ccc(OC(F)(F)F)cc1)=CCc1c/c(=C/N=N\C(S)=N\c3ccccc3C(C)C)ccc1=2. The highest BCUT2D eigenvalue weighted by Crippen LogP contribution is 2.27. The Morgan fingerprint density at radius 2 is 1.82 bits per heavy atom. The van der Waals surface area contributed by atoms with Gasteiger partial charge in [-0.25, -0.2) is 9.98 Å². The number of aryl methyl sites for hydroxylation is 1. The number of fused-ring (bicyclic) bond motifs is 2. The number of imidazole rings is 1. The summed E-state index contributed by atoms with van der Waals surface area (Å²) >= 11 is 4.38. The van der Waals surface area contributed by atoms with Gasteiger partial charge in [-0.05, 0) is 72.0 Å². The molecule has 6 nitrogen and oxygen atoms in total. The molecule has 4 aromatic rings. The van der Waals surface area contributed by atoms with Crippen LogP contribution in [0.5, 0.6) is 5.75 Å². The van der Waals surface area contributed by atoms with Gasteiger partial charge in [0.2, 0.25) is 5.17 Å². The molecule has 1 aromatic heterocycles. The van der Waals surface area contributed by atoms with Crippen molar-refractivity contribution in [2.75, 3.05) is 0 Å². The van der Waals surface area contributed by atoms with Crippen LogP contribution in [0.25, 0.3) is 18.0 Å². The molecule has 3 aromatic carbocycles. The van der Waals surface area contributed by atoms with E-state index in [4.69, 9.17) is 4.98 Å². The monoisotopic (exact) mass is 561 g/mol. The summed E-state index contributed by atoms with van der Waals surface area (Å²) in [5.41, 5.74) is 3.72. The van der Waals surface area contributed by atoms with E-state index in [2.05, 4.69) is 52.5 Å². The molecule has 0 fully saturated rings. The summed E-state index contributed by atoms with van der Waals surface area (Å²) in [4.78, 5) is 9.26. The first-order chi connectivity index (χ1) is 19.1. The highest BCUT2D eigenvalue weighted by atomic mass is 32.1. The lowest BCUT2D eigenvalue weighted by atomic mass is 10.0. The van der Waals surface area contributed by atoms with Crippen molar-refractivity contribution in [3.63, 3.8) is 0 Å². The number of hydrogen-bond acceptors (Lipinski definition) is 4. The van der Waals surface area contributed by atoms with Crippen molar-refractivity contribution in [2.24, 2.45) is 15.2 Å². The highest BCUT2D eigenvalue weighted by Gasteiger charge is 2.31. The zero-order chi connectivity index (χ0) is 28.4. The van der Waals surface area contributed by atoms with Crippen molar-refractivity contribution >= 4 is 35.8 Å². The van der Waals surface area contributed by atoms with Crippen LogP contribution in [-0.2, 0) is 6.42 Å². The van der Waals surface area contributed by atoms with Gasteiger partial charge in [0.1, 0.15) is 11.6 Å². The molecule has 0 saturated carbocycles. The maximum absolute atomic E-state index is 12.5. The van der Waals surface area contributed by atoms with Gasteiger partial charge in [0.25, 0.3) is 0 Å². The fraction of sp³-hybridized carbons (Fsp3) is 0.200. The fourth-order valence-corrected chi connectivity index (χ4v) is 4.87. The fourth-order valence-electron chi connectivity index (χ4n) is 4.71. The van der Waals surface area contributed by atoms with Crippen LogP contribution in [0.1, 0.15) is 36.7 Å². The Labute approximate surface area is 234 Å². The van der Waals surface area contributed by atoms with Crippen LogP contribution in [0.2, 0.25) is 0 Å². The number of thiol groups is 1. The van der Waals surface area contributed by atoms with Gasteiger partial charge >= 0.3 is 6.36 Å². The predicted molar refractivity (Wildman–Crippen MR) is 152 cm³/mol. The number of amidine groups is 1. The van der Waals surface area contributed by atoms with Gasteiger partial charge in [-0.3, -0.25) is 4.57 Å². The molecule has 10 heteroatoms. The topological polar surface area (TPSA) is 64.1 Å². The number of hydrogen-bond donors (Lipinski definition) is 1. The molecule has 1 aliphatic rings. The minimum absolute atomic E-state index is 0.263. The third-order valence-electron chi connectivity index (χ3n) is 6.44. The van der Waals surface area contributed by atoms with Crippen molar-refractivity contribution in [3.05, 3.63) is 105 Å². The lowest BCUT2D eigenvalue weighted by Gasteiger charge is -2.11. The third-order valence-corrected chi connectivity index (χ3v) is 6.63. The number of para-hydroxylation sites is 1. The molecular formula is C30H26F3N5OS. The first-order valence-electron chi connectivity index (χ1n) is 12.6. The Bertz CT molecular complexity index is 1840. The number of ether oxygens (including phenoxy) is 1. The molecule has 0 unspecified atom stereocenters. The molecule has 0 amide bonds. The second kappa shape index (κ2) is 11.1. The second-order valence-corrected chi connectivity index (χ2v) is 9.96. The van der Waals surface area contributed by atoms with Crippen LogP contribution < -0.4 is 15.3 Å². The Morgan fingerprint density at radius 3 is 2.55 bits per heavy atom. The molecule has 0 bridgehead atoms. The average molecular weight is 562 g/mol. The van der Waals surface area contributed by atoms with Gasteiger partial charge in [-0.1, -0.05) is 50.3 Å². The number of rotatable bonds is 5. The molecule has 1 aliphatic carbocycles. The zero-order valence-corrected chi connectivity index (χ0v) is 22.9. The summed E-state index contributed by atoms with van der Waals surface area (Å²) in [5, 5.41) is 12.1. The van der Waals surface area contributed by atoms with Crippen LogP contribution in [-0.4, -0.2) is 21.1 Å². The third kappa shape index (κ3) is 6.02. The second-order valence-electron chi connectivity index (χ2n) is 9.56. The molecule has 0 radical (unpaired) electrons. The summed E-state index contributed by atoms with van der Waals surface area (Å²) < 4.78 is 43.5.